The predicted molar refractivity (Wildman–Crippen MR) is 71.4 cm³/mol. The van der Waals surface area contributed by atoms with Crippen molar-refractivity contribution in [3.8, 4) is 0 Å². The molecule has 1 rings (SSSR count). The van der Waals surface area contributed by atoms with Crippen molar-refractivity contribution in [1.82, 2.24) is 0 Å². The molecule has 1 unspecified atom stereocenters. The molecule has 0 N–H and O–H groups in total. The molecule has 0 heteroatoms. The van der Waals surface area contributed by atoms with Crippen LogP contribution in [-0.2, 0) is 0 Å². The fourth-order valence-electron chi connectivity index (χ4n) is 2.13. The summed E-state index contributed by atoms with van der Waals surface area (Å²) in [5.41, 5.74) is 1.43. The third-order valence-electron chi connectivity index (χ3n) is 3.10. The average Bonchev–Trinajstić information content (AvgIpc) is 2.34. The van der Waals surface area contributed by atoms with Crippen LogP contribution in [0.1, 0.15) is 56.9 Å². The maximum atomic E-state index is 5.57. The molecule has 0 saturated carbocycles. The molecule has 16 heavy (non-hydrogen) atoms. The van der Waals surface area contributed by atoms with Gasteiger partial charge in [0.1, 0.15) is 0 Å². The lowest BCUT2D eigenvalue weighted by Crippen LogP contribution is -1.97. The van der Waals surface area contributed by atoms with Gasteiger partial charge in [-0.05, 0) is 24.3 Å². The van der Waals surface area contributed by atoms with Gasteiger partial charge in [-0.15, -0.1) is 0 Å². The molecule has 87 valence electrons. The Morgan fingerprint density at radius 3 is 2.50 bits per heavy atom. The lowest BCUT2D eigenvalue weighted by molar-refractivity contribution is 0.557. The molecule has 1 aromatic carbocycles. The highest BCUT2D eigenvalue weighted by Crippen LogP contribution is 2.26. The summed E-state index contributed by atoms with van der Waals surface area (Å²) in [6.07, 6.45) is 9.39. The quantitative estimate of drug-likeness (QED) is 0.528. The van der Waals surface area contributed by atoms with Crippen molar-refractivity contribution in [2.75, 3.05) is 0 Å². The molecule has 0 heterocycles. The topological polar surface area (TPSA) is 0 Å². The zero-order chi connectivity index (χ0) is 11.6. The Morgan fingerprint density at radius 1 is 1.12 bits per heavy atom. The van der Waals surface area contributed by atoms with Gasteiger partial charge in [0.2, 0.25) is 0 Å². The van der Waals surface area contributed by atoms with Gasteiger partial charge in [0.15, 0.2) is 0 Å². The second-order valence-electron chi connectivity index (χ2n) is 4.43. The summed E-state index contributed by atoms with van der Waals surface area (Å²) < 4.78 is 0. The van der Waals surface area contributed by atoms with Crippen molar-refractivity contribution in [3.63, 3.8) is 0 Å². The zero-order valence-electron chi connectivity index (χ0n) is 10.4. The van der Waals surface area contributed by atoms with Crippen molar-refractivity contribution < 1.29 is 0 Å². The van der Waals surface area contributed by atoms with E-state index in [2.05, 4.69) is 37.3 Å². The van der Waals surface area contributed by atoms with Gasteiger partial charge in [0.05, 0.1) is 0 Å². The van der Waals surface area contributed by atoms with E-state index in [1.54, 1.807) is 6.08 Å². The zero-order valence-corrected chi connectivity index (χ0v) is 10.4. The Labute approximate surface area is 100 Å². The first-order chi connectivity index (χ1) is 7.88. The van der Waals surface area contributed by atoms with Crippen molar-refractivity contribution in [1.29, 1.82) is 0 Å². The molecule has 0 bridgehead atoms. The Bertz CT molecular complexity index is 273. The Morgan fingerprint density at radius 2 is 1.88 bits per heavy atom. The largest absolute Gasteiger partial charge is 0.0839 e. The summed E-state index contributed by atoms with van der Waals surface area (Å²) in [4.78, 5) is 0. The molecule has 0 saturated heterocycles. The summed E-state index contributed by atoms with van der Waals surface area (Å²) in [6.45, 7) is 7.82. The summed E-state index contributed by atoms with van der Waals surface area (Å²) in [6, 6.07) is 10.7. The van der Waals surface area contributed by atoms with Crippen molar-refractivity contribution in [2.24, 2.45) is 0 Å². The van der Waals surface area contributed by atoms with Crippen molar-refractivity contribution in [2.45, 2.75) is 51.4 Å². The Kier molecular flexibility index (Phi) is 6.64. The predicted octanol–water partition coefficient (Wildman–Crippen LogP) is 5.12. The normalized spacial score (nSPS) is 12.3. The van der Waals surface area contributed by atoms with E-state index < -0.39 is 0 Å². The standard InChI is InChI=1S/C16H23/c1-3-5-6-8-12-15(11-4-2)16-13-9-7-10-14-16/h2,4,7,9-10,13-15H,3,5-6,8,11-12H2,1H3. The molecule has 1 atom stereocenters. The van der Waals surface area contributed by atoms with Gasteiger partial charge >= 0.3 is 0 Å². The summed E-state index contributed by atoms with van der Waals surface area (Å²) in [7, 11) is 0. The van der Waals surface area contributed by atoms with E-state index in [0.29, 0.717) is 5.92 Å². The van der Waals surface area contributed by atoms with Crippen LogP contribution in [0.4, 0.5) is 0 Å². The van der Waals surface area contributed by atoms with E-state index in [9.17, 15) is 0 Å². The van der Waals surface area contributed by atoms with Crippen molar-refractivity contribution >= 4 is 0 Å². The first kappa shape index (κ1) is 13.0. The van der Waals surface area contributed by atoms with Gasteiger partial charge in [-0.2, -0.15) is 0 Å². The van der Waals surface area contributed by atoms with Gasteiger partial charge in [-0.1, -0.05) is 75.6 Å². The molecule has 1 aromatic rings. The highest BCUT2D eigenvalue weighted by Gasteiger charge is 2.08. The molecule has 0 amide bonds. The van der Waals surface area contributed by atoms with E-state index in [1.807, 2.05) is 0 Å². The second kappa shape index (κ2) is 8.15. The maximum Gasteiger partial charge on any atom is -0.0127 e. The highest BCUT2D eigenvalue weighted by molar-refractivity contribution is 5.19. The van der Waals surface area contributed by atoms with Gasteiger partial charge in [-0.3, -0.25) is 0 Å². The fourth-order valence-corrected chi connectivity index (χ4v) is 2.13. The van der Waals surface area contributed by atoms with Crippen LogP contribution in [0, 0.1) is 6.58 Å². The molecule has 1 radical (unpaired) electrons. The van der Waals surface area contributed by atoms with E-state index in [1.165, 1.54) is 37.7 Å². The first-order valence-electron chi connectivity index (χ1n) is 6.46. The van der Waals surface area contributed by atoms with Crippen LogP contribution in [0.25, 0.3) is 0 Å². The van der Waals surface area contributed by atoms with Crippen LogP contribution in [-0.4, -0.2) is 0 Å². The molecule has 0 aliphatic carbocycles. The minimum Gasteiger partial charge on any atom is -0.0839 e. The smallest absolute Gasteiger partial charge is 0.0127 e. The maximum absolute atomic E-state index is 5.57. The molecule has 0 aliphatic rings. The molecule has 0 nitrogen and oxygen atoms in total. The molecule has 0 fully saturated rings. The third kappa shape index (κ3) is 4.65. The van der Waals surface area contributed by atoms with Crippen LogP contribution in [0.5, 0.6) is 0 Å². The molecule has 0 spiro atoms. The SMILES string of the molecule is [CH]=CCC(CCCCCC)c1ccccc1. The number of benzene rings is 1. The van der Waals surface area contributed by atoms with Gasteiger partial charge in [-0.25, -0.2) is 0 Å². The fraction of sp³-hybridized carbons (Fsp3) is 0.500. The molecule has 0 aliphatic heterocycles. The number of hydrogen-bond acceptors (Lipinski definition) is 0. The monoisotopic (exact) mass is 215 g/mol. The summed E-state index contributed by atoms with van der Waals surface area (Å²) in [5, 5.41) is 0. The van der Waals surface area contributed by atoms with Crippen LogP contribution < -0.4 is 0 Å². The van der Waals surface area contributed by atoms with E-state index in [-0.39, 0.29) is 0 Å². The lowest BCUT2D eigenvalue weighted by atomic mass is 9.90. The van der Waals surface area contributed by atoms with Gasteiger partial charge < -0.3 is 0 Å². The average molecular weight is 215 g/mol. The van der Waals surface area contributed by atoms with Crippen LogP contribution in [0.15, 0.2) is 36.4 Å². The van der Waals surface area contributed by atoms with Crippen LogP contribution >= 0.6 is 0 Å². The van der Waals surface area contributed by atoms with E-state index in [4.69, 9.17) is 6.58 Å². The van der Waals surface area contributed by atoms with Gasteiger partial charge in [0, 0.05) is 0 Å². The lowest BCUT2D eigenvalue weighted by Gasteiger charge is -2.15. The van der Waals surface area contributed by atoms with Crippen LogP contribution in [0.3, 0.4) is 0 Å². The Balaban J connectivity index is 2.44. The minimum atomic E-state index is 0.614. The minimum absolute atomic E-state index is 0.614. The summed E-state index contributed by atoms with van der Waals surface area (Å²) in [5.74, 6) is 0.614. The molecular weight excluding hydrogens is 192 g/mol. The number of rotatable bonds is 8. The molecular formula is C16H23. The second-order valence-corrected chi connectivity index (χ2v) is 4.43. The Hall–Kier alpha value is -1.04. The van der Waals surface area contributed by atoms with Crippen molar-refractivity contribution in [3.05, 3.63) is 48.6 Å². The number of allylic oxidation sites excluding steroid dienone is 1. The highest BCUT2D eigenvalue weighted by atomic mass is 14.1. The van der Waals surface area contributed by atoms with E-state index in [0.717, 1.165) is 6.42 Å². The number of hydrogen-bond donors (Lipinski definition) is 0. The molecule has 0 aromatic heterocycles. The van der Waals surface area contributed by atoms with E-state index >= 15 is 0 Å². The third-order valence-corrected chi connectivity index (χ3v) is 3.10. The number of unbranched alkanes of at least 4 members (excludes halogenated alkanes) is 3. The van der Waals surface area contributed by atoms with Gasteiger partial charge in [0.25, 0.3) is 0 Å². The summed E-state index contributed by atoms with van der Waals surface area (Å²) >= 11 is 0. The first-order valence-corrected chi connectivity index (χ1v) is 6.46. The van der Waals surface area contributed by atoms with Crippen LogP contribution in [0.2, 0.25) is 0 Å².